The van der Waals surface area contributed by atoms with Crippen LogP contribution in [0.2, 0.25) is 0 Å². The van der Waals surface area contributed by atoms with E-state index in [1.807, 2.05) is 0 Å². The third-order valence-electron chi connectivity index (χ3n) is 2.46. The molecule has 3 N–H and O–H groups in total. The van der Waals surface area contributed by atoms with Crippen LogP contribution in [-0.4, -0.2) is 33.5 Å². The molecule has 2 heterocycles. The Morgan fingerprint density at radius 3 is 3.06 bits per heavy atom. The van der Waals surface area contributed by atoms with Crippen molar-refractivity contribution in [2.75, 3.05) is 12.3 Å². The smallest absolute Gasteiger partial charge is 0.203 e. The Bertz CT molecular complexity index is 439. The van der Waals surface area contributed by atoms with Crippen molar-refractivity contribution in [2.24, 2.45) is 0 Å². The summed E-state index contributed by atoms with van der Waals surface area (Å²) in [6.45, 7) is -0.202. The molecule has 1 aliphatic rings. The number of hydrogen-bond donors (Lipinski definition) is 2. The van der Waals surface area contributed by atoms with Crippen LogP contribution in [0, 0.1) is 4.77 Å². The Balaban J connectivity index is 2.28. The largest absolute Gasteiger partial charge is 0.394 e. The predicted octanol–water partition coefficient (Wildman–Crippen LogP) is 0.813. The van der Waals surface area contributed by atoms with Gasteiger partial charge in [0.25, 0.3) is 0 Å². The van der Waals surface area contributed by atoms with Crippen LogP contribution in [0.15, 0.2) is 12.3 Å². The molecule has 1 aromatic heterocycles. The number of alkyl halides is 1. The van der Waals surface area contributed by atoms with Gasteiger partial charge in [0.15, 0.2) is 6.23 Å². The van der Waals surface area contributed by atoms with Crippen LogP contribution in [0.3, 0.4) is 0 Å². The summed E-state index contributed by atoms with van der Waals surface area (Å²) in [5, 5.41) is 8.90. The third kappa shape index (κ3) is 2.06. The molecule has 2 rings (SSSR count). The number of aliphatic hydroxyl groups excluding tert-OH is 1. The molecule has 1 aliphatic heterocycles. The van der Waals surface area contributed by atoms with Gasteiger partial charge in [0, 0.05) is 12.6 Å². The van der Waals surface area contributed by atoms with Crippen molar-refractivity contribution in [3.63, 3.8) is 0 Å². The number of aliphatic hydroxyl groups is 1. The minimum Gasteiger partial charge on any atom is -0.394 e. The number of nitrogens with two attached hydrogens (primary N) is 1. The minimum atomic E-state index is -1.20. The van der Waals surface area contributed by atoms with E-state index >= 15 is 0 Å². The molecule has 0 radical (unpaired) electrons. The fourth-order valence-electron chi connectivity index (χ4n) is 1.68. The van der Waals surface area contributed by atoms with Crippen molar-refractivity contribution in [3.05, 3.63) is 17.0 Å². The Morgan fingerprint density at radius 2 is 2.50 bits per heavy atom. The monoisotopic (exact) mass is 245 g/mol. The number of hydrogen-bond acceptors (Lipinski definition) is 5. The van der Waals surface area contributed by atoms with E-state index in [9.17, 15) is 4.39 Å². The first-order valence-corrected chi connectivity index (χ1v) is 5.27. The fourth-order valence-corrected chi connectivity index (χ4v) is 1.95. The second-order valence-electron chi connectivity index (χ2n) is 3.63. The summed E-state index contributed by atoms with van der Waals surface area (Å²) in [5.41, 5.74) is 5.45. The van der Waals surface area contributed by atoms with Crippen LogP contribution in [-0.2, 0) is 4.74 Å². The van der Waals surface area contributed by atoms with Gasteiger partial charge in [0.2, 0.25) is 4.77 Å². The van der Waals surface area contributed by atoms with Gasteiger partial charge in [-0.25, -0.2) is 9.37 Å². The normalized spacial score (nSPS) is 29.5. The van der Waals surface area contributed by atoms with Crippen molar-refractivity contribution in [1.29, 1.82) is 0 Å². The molecule has 0 spiro atoms. The first-order chi connectivity index (χ1) is 7.61. The van der Waals surface area contributed by atoms with Crippen molar-refractivity contribution >= 4 is 18.0 Å². The van der Waals surface area contributed by atoms with Gasteiger partial charge in [0.05, 0.1) is 12.7 Å². The summed E-state index contributed by atoms with van der Waals surface area (Å²) in [7, 11) is 0. The van der Waals surface area contributed by atoms with Gasteiger partial charge < -0.3 is 15.6 Å². The number of rotatable bonds is 2. The first kappa shape index (κ1) is 11.4. The Labute approximate surface area is 96.7 Å². The van der Waals surface area contributed by atoms with Crippen LogP contribution < -0.4 is 5.73 Å². The van der Waals surface area contributed by atoms with E-state index in [2.05, 4.69) is 4.98 Å². The zero-order valence-corrected chi connectivity index (χ0v) is 9.23. The third-order valence-corrected chi connectivity index (χ3v) is 2.76. The number of ether oxygens (including phenoxy) is 1. The van der Waals surface area contributed by atoms with E-state index in [1.54, 1.807) is 6.20 Å². The van der Waals surface area contributed by atoms with E-state index in [1.165, 1.54) is 10.6 Å². The van der Waals surface area contributed by atoms with Crippen LogP contribution in [0.25, 0.3) is 0 Å². The molecular weight excluding hydrogens is 233 g/mol. The average molecular weight is 245 g/mol. The second-order valence-corrected chi connectivity index (χ2v) is 3.99. The molecule has 0 bridgehead atoms. The van der Waals surface area contributed by atoms with Gasteiger partial charge in [0.1, 0.15) is 12.0 Å². The number of halogens is 1. The second kappa shape index (κ2) is 4.44. The van der Waals surface area contributed by atoms with Gasteiger partial charge in [-0.3, -0.25) is 4.57 Å². The van der Waals surface area contributed by atoms with Crippen molar-refractivity contribution in [2.45, 2.75) is 24.9 Å². The lowest BCUT2D eigenvalue weighted by Crippen LogP contribution is -2.18. The zero-order chi connectivity index (χ0) is 11.7. The number of nitrogens with zero attached hydrogens (tertiary/aromatic N) is 2. The molecule has 0 aromatic carbocycles. The molecule has 5 nitrogen and oxygen atoms in total. The van der Waals surface area contributed by atoms with E-state index < -0.39 is 18.5 Å². The van der Waals surface area contributed by atoms with Crippen molar-refractivity contribution in [3.8, 4) is 0 Å². The Kier molecular flexibility index (Phi) is 3.17. The van der Waals surface area contributed by atoms with E-state index in [4.69, 9.17) is 27.8 Å². The van der Waals surface area contributed by atoms with E-state index in [0.29, 0.717) is 0 Å². The maximum absolute atomic E-state index is 13.6. The topological polar surface area (TPSA) is 73.3 Å². The molecular formula is C9H12FN3O2S. The highest BCUT2D eigenvalue weighted by atomic mass is 32.1. The van der Waals surface area contributed by atoms with Crippen LogP contribution in [0.4, 0.5) is 10.2 Å². The lowest BCUT2D eigenvalue weighted by Gasteiger charge is -2.16. The molecule has 1 unspecified atom stereocenters. The molecule has 1 saturated heterocycles. The molecule has 1 fully saturated rings. The van der Waals surface area contributed by atoms with E-state index in [-0.39, 0.29) is 23.6 Å². The maximum atomic E-state index is 13.6. The Hall–Kier alpha value is -1.05. The molecule has 16 heavy (non-hydrogen) atoms. The molecule has 3 atom stereocenters. The van der Waals surface area contributed by atoms with Crippen LogP contribution in [0.5, 0.6) is 0 Å². The first-order valence-electron chi connectivity index (χ1n) is 4.87. The lowest BCUT2D eigenvalue weighted by molar-refractivity contribution is -0.0383. The molecule has 1 aromatic rings. The van der Waals surface area contributed by atoms with Gasteiger partial charge in [-0.2, -0.15) is 0 Å². The number of aromatic nitrogens is 2. The summed E-state index contributed by atoms with van der Waals surface area (Å²) in [6.07, 6.45) is -0.805. The summed E-state index contributed by atoms with van der Waals surface area (Å²) in [5.74, 6) is 0.286. The predicted molar refractivity (Wildman–Crippen MR) is 58.0 cm³/mol. The number of nitrogen functional groups attached to an aromatic ring is 1. The van der Waals surface area contributed by atoms with Gasteiger partial charge in [-0.05, 0) is 18.3 Å². The van der Waals surface area contributed by atoms with Gasteiger partial charge >= 0.3 is 0 Å². The standard InChI is InChI=1S/C9H12FN3O2S/c10-6-3-5(4-14)15-8(6)13-2-1-7(11)12-9(13)16/h1-2,5-6,8,14H,3-4H2,(H2,11,12,16)/t5-,6-,8?/m0/s1. The molecule has 88 valence electrons. The highest BCUT2D eigenvalue weighted by molar-refractivity contribution is 7.71. The van der Waals surface area contributed by atoms with Crippen LogP contribution >= 0.6 is 12.2 Å². The van der Waals surface area contributed by atoms with Crippen molar-refractivity contribution < 1.29 is 14.2 Å². The fraction of sp³-hybridized carbons (Fsp3) is 0.556. The van der Waals surface area contributed by atoms with E-state index in [0.717, 1.165) is 0 Å². The molecule has 0 amide bonds. The van der Waals surface area contributed by atoms with Gasteiger partial charge in [-0.1, -0.05) is 0 Å². The Morgan fingerprint density at radius 1 is 1.75 bits per heavy atom. The molecule has 0 saturated carbocycles. The SMILES string of the molecule is Nc1ccn(C2O[C@H](CO)C[C@@H]2F)c(=S)n1. The van der Waals surface area contributed by atoms with Crippen LogP contribution in [0.1, 0.15) is 12.6 Å². The average Bonchev–Trinajstić information content (AvgIpc) is 2.60. The zero-order valence-electron chi connectivity index (χ0n) is 8.41. The quantitative estimate of drug-likeness (QED) is 0.754. The summed E-state index contributed by atoms with van der Waals surface area (Å²) >= 11 is 4.97. The summed E-state index contributed by atoms with van der Waals surface area (Å²) in [6, 6.07) is 1.53. The highest BCUT2D eigenvalue weighted by Gasteiger charge is 2.36. The number of anilines is 1. The molecule has 0 aliphatic carbocycles. The summed E-state index contributed by atoms with van der Waals surface area (Å²) in [4.78, 5) is 3.85. The summed E-state index contributed by atoms with van der Waals surface area (Å²) < 4.78 is 20.5. The maximum Gasteiger partial charge on any atom is 0.203 e. The molecule has 7 heteroatoms. The highest BCUT2D eigenvalue weighted by Crippen LogP contribution is 2.31. The lowest BCUT2D eigenvalue weighted by atomic mass is 10.2. The van der Waals surface area contributed by atoms with Crippen molar-refractivity contribution in [1.82, 2.24) is 9.55 Å². The minimum absolute atomic E-state index is 0.160. The van der Waals surface area contributed by atoms with Gasteiger partial charge in [-0.15, -0.1) is 0 Å².